The molecule has 0 atom stereocenters. The first kappa shape index (κ1) is 22.2. The molecular weight excluding hydrogens is 405 g/mol. The maximum Gasteiger partial charge on any atom is 0.191 e. The molecule has 1 rings (SSSR count). The molecule has 0 aliphatic rings. The summed E-state index contributed by atoms with van der Waals surface area (Å²) in [7, 11) is 0. The van der Waals surface area contributed by atoms with Gasteiger partial charge in [0.2, 0.25) is 0 Å². The van der Waals surface area contributed by atoms with E-state index < -0.39 is 5.60 Å². The van der Waals surface area contributed by atoms with Gasteiger partial charge in [-0.3, -0.25) is 4.99 Å². The molecule has 7 heteroatoms. The predicted octanol–water partition coefficient (Wildman–Crippen LogP) is 2.39. The number of hydrogen-bond acceptors (Lipinski definition) is 3. The molecule has 1 aromatic heterocycles. The third-order valence-electron chi connectivity index (χ3n) is 3.53. The molecule has 0 aliphatic carbocycles. The normalized spacial score (nSPS) is 11.9. The smallest absolute Gasteiger partial charge is 0.191 e. The van der Waals surface area contributed by atoms with Gasteiger partial charge in [-0.05, 0) is 19.8 Å². The molecule has 0 saturated heterocycles. The second kappa shape index (κ2) is 12.6. The van der Waals surface area contributed by atoms with Crippen molar-refractivity contribution in [2.45, 2.75) is 58.6 Å². The maximum atomic E-state index is 10.6. The van der Waals surface area contributed by atoms with E-state index in [0.717, 1.165) is 51.3 Å². The van der Waals surface area contributed by atoms with E-state index >= 15 is 0 Å². The fourth-order valence-electron chi connectivity index (χ4n) is 2.50. The second-order valence-corrected chi connectivity index (χ2v) is 5.65. The molecule has 1 heterocycles. The number of hydrogen-bond donors (Lipinski definition) is 3. The Morgan fingerprint density at radius 3 is 2.43 bits per heavy atom. The molecule has 0 radical (unpaired) electrons. The third kappa shape index (κ3) is 9.14. The fourth-order valence-corrected chi connectivity index (χ4v) is 2.50. The molecule has 0 amide bonds. The van der Waals surface area contributed by atoms with Crippen LogP contribution in [0.1, 0.15) is 46.5 Å². The molecule has 0 saturated carbocycles. The van der Waals surface area contributed by atoms with Crippen LogP contribution in [0.5, 0.6) is 0 Å². The van der Waals surface area contributed by atoms with Crippen LogP contribution in [0, 0.1) is 0 Å². The highest BCUT2D eigenvalue weighted by Crippen LogP contribution is 2.19. The molecule has 0 aliphatic heterocycles. The SMILES string of the molecule is CCCC(O)(CCC)CN=C(NCC)NCCn1ccnc1.I. The van der Waals surface area contributed by atoms with Gasteiger partial charge in [0.25, 0.3) is 0 Å². The van der Waals surface area contributed by atoms with Gasteiger partial charge in [-0.25, -0.2) is 4.98 Å². The molecule has 1 aromatic rings. The van der Waals surface area contributed by atoms with Gasteiger partial charge in [0.05, 0.1) is 18.5 Å². The zero-order valence-electron chi connectivity index (χ0n) is 14.6. The zero-order chi connectivity index (χ0) is 16.3. The highest BCUT2D eigenvalue weighted by atomic mass is 127. The number of aliphatic imine (C=N–C) groups is 1. The number of imidazole rings is 1. The van der Waals surface area contributed by atoms with Crippen LogP contribution in [0.2, 0.25) is 0 Å². The van der Waals surface area contributed by atoms with E-state index in [9.17, 15) is 5.11 Å². The summed E-state index contributed by atoms with van der Waals surface area (Å²) in [5, 5.41) is 17.1. The van der Waals surface area contributed by atoms with Crippen LogP contribution in [0.4, 0.5) is 0 Å². The maximum absolute atomic E-state index is 10.6. The van der Waals surface area contributed by atoms with E-state index in [1.54, 1.807) is 12.5 Å². The number of guanidine groups is 1. The van der Waals surface area contributed by atoms with Crippen LogP contribution in [0.15, 0.2) is 23.7 Å². The van der Waals surface area contributed by atoms with Crippen molar-refractivity contribution in [1.29, 1.82) is 0 Å². The number of halogens is 1. The Labute approximate surface area is 157 Å². The van der Waals surface area contributed by atoms with Crippen LogP contribution >= 0.6 is 24.0 Å². The lowest BCUT2D eigenvalue weighted by atomic mass is 9.93. The van der Waals surface area contributed by atoms with Crippen LogP contribution in [0.3, 0.4) is 0 Å². The molecule has 0 aromatic carbocycles. The summed E-state index contributed by atoms with van der Waals surface area (Å²) >= 11 is 0. The van der Waals surface area contributed by atoms with Gasteiger partial charge >= 0.3 is 0 Å². The topological polar surface area (TPSA) is 74.5 Å². The zero-order valence-corrected chi connectivity index (χ0v) is 16.9. The van der Waals surface area contributed by atoms with Gasteiger partial charge < -0.3 is 20.3 Å². The first-order valence-corrected chi connectivity index (χ1v) is 8.33. The van der Waals surface area contributed by atoms with Crippen LogP contribution in [0.25, 0.3) is 0 Å². The lowest BCUT2D eigenvalue weighted by molar-refractivity contribution is 0.0306. The summed E-state index contributed by atoms with van der Waals surface area (Å²) in [5.41, 5.74) is -0.684. The average Bonchev–Trinajstić information content (AvgIpc) is 2.99. The van der Waals surface area contributed by atoms with Gasteiger partial charge in [-0.2, -0.15) is 0 Å². The van der Waals surface area contributed by atoms with Crippen LogP contribution in [-0.2, 0) is 6.54 Å². The van der Waals surface area contributed by atoms with Crippen molar-refractivity contribution in [1.82, 2.24) is 20.2 Å². The molecule has 6 nitrogen and oxygen atoms in total. The number of aliphatic hydroxyl groups is 1. The van der Waals surface area contributed by atoms with Crippen molar-refractivity contribution < 1.29 is 5.11 Å². The second-order valence-electron chi connectivity index (χ2n) is 5.65. The molecule has 0 unspecified atom stereocenters. The summed E-state index contributed by atoms with van der Waals surface area (Å²) in [6, 6.07) is 0. The number of nitrogens with one attached hydrogen (secondary N) is 2. The lowest BCUT2D eigenvalue weighted by Gasteiger charge is -2.26. The Kier molecular flexibility index (Phi) is 12.1. The van der Waals surface area contributed by atoms with Crippen molar-refractivity contribution in [3.05, 3.63) is 18.7 Å². The molecule has 0 fully saturated rings. The quantitative estimate of drug-likeness (QED) is 0.299. The molecule has 0 bridgehead atoms. The Morgan fingerprint density at radius 2 is 1.91 bits per heavy atom. The van der Waals surface area contributed by atoms with E-state index in [2.05, 4.69) is 34.5 Å². The van der Waals surface area contributed by atoms with Gasteiger partial charge in [-0.15, -0.1) is 24.0 Å². The standard InChI is InChI=1S/C16H31N5O.HI/c1-4-7-16(22,8-5-2)13-20-15(18-6-3)19-10-12-21-11-9-17-14-21;/h9,11,14,22H,4-8,10,12-13H2,1-3H3,(H2,18,19,20);1H. The molecular formula is C16H32IN5O. The van der Waals surface area contributed by atoms with E-state index in [4.69, 9.17) is 0 Å². The Hall–Kier alpha value is -0.830. The van der Waals surface area contributed by atoms with E-state index in [-0.39, 0.29) is 24.0 Å². The van der Waals surface area contributed by atoms with E-state index in [1.165, 1.54) is 0 Å². The fraction of sp³-hybridized carbons (Fsp3) is 0.750. The van der Waals surface area contributed by atoms with Gasteiger partial charge in [-0.1, -0.05) is 26.7 Å². The molecule has 3 N–H and O–H groups in total. The van der Waals surface area contributed by atoms with Crippen molar-refractivity contribution in [3.8, 4) is 0 Å². The number of aromatic nitrogens is 2. The minimum absolute atomic E-state index is 0. The van der Waals surface area contributed by atoms with Gasteiger partial charge in [0.15, 0.2) is 5.96 Å². The summed E-state index contributed by atoms with van der Waals surface area (Å²) in [4.78, 5) is 8.58. The Bertz CT molecular complexity index is 416. The number of nitrogens with zero attached hydrogens (tertiary/aromatic N) is 3. The highest BCUT2D eigenvalue weighted by molar-refractivity contribution is 14.0. The summed E-state index contributed by atoms with van der Waals surface area (Å²) < 4.78 is 2.01. The Balaban J connectivity index is 0.00000484. The van der Waals surface area contributed by atoms with Crippen molar-refractivity contribution >= 4 is 29.9 Å². The molecule has 134 valence electrons. The van der Waals surface area contributed by atoms with Gasteiger partial charge in [0, 0.05) is 32.0 Å². The third-order valence-corrected chi connectivity index (χ3v) is 3.53. The molecule has 23 heavy (non-hydrogen) atoms. The lowest BCUT2D eigenvalue weighted by Crippen LogP contribution is -2.41. The van der Waals surface area contributed by atoms with Crippen LogP contribution in [-0.4, -0.2) is 45.9 Å². The summed E-state index contributed by atoms with van der Waals surface area (Å²) in [6.07, 6.45) is 9.03. The van der Waals surface area contributed by atoms with Gasteiger partial charge in [0.1, 0.15) is 0 Å². The van der Waals surface area contributed by atoms with Crippen molar-refractivity contribution in [3.63, 3.8) is 0 Å². The Morgan fingerprint density at radius 1 is 1.22 bits per heavy atom. The first-order chi connectivity index (χ1) is 10.6. The van der Waals surface area contributed by atoms with Crippen LogP contribution < -0.4 is 10.6 Å². The highest BCUT2D eigenvalue weighted by Gasteiger charge is 2.24. The monoisotopic (exact) mass is 437 g/mol. The predicted molar refractivity (Wildman–Crippen MR) is 106 cm³/mol. The van der Waals surface area contributed by atoms with E-state index in [0.29, 0.717) is 6.54 Å². The minimum atomic E-state index is -0.684. The van der Waals surface area contributed by atoms with Crippen molar-refractivity contribution in [2.24, 2.45) is 4.99 Å². The first-order valence-electron chi connectivity index (χ1n) is 8.33. The summed E-state index contributed by atoms with van der Waals surface area (Å²) in [6.45, 7) is 9.07. The summed E-state index contributed by atoms with van der Waals surface area (Å²) in [5.74, 6) is 0.758. The van der Waals surface area contributed by atoms with Crippen molar-refractivity contribution in [2.75, 3.05) is 19.6 Å². The minimum Gasteiger partial charge on any atom is -0.388 e. The largest absolute Gasteiger partial charge is 0.388 e. The van der Waals surface area contributed by atoms with E-state index in [1.807, 2.05) is 17.7 Å². The number of rotatable bonds is 10. The molecule has 0 spiro atoms. The average molecular weight is 437 g/mol.